The van der Waals surface area contributed by atoms with E-state index in [2.05, 4.69) is 10.1 Å². The molecule has 0 saturated carbocycles. The number of hydrogen-bond donors (Lipinski definition) is 2. The summed E-state index contributed by atoms with van der Waals surface area (Å²) in [5.74, 6) is 0.432. The standard InChI is InChI=1S/C25H26F3N5O4/c1-37-18-10-15(12-29-13-18)22-19-5-7-31(8-9-34)23(19)24(36)33(30-22)21-11-16(32-6-4-17(35)14-32)2-3-20(21)25(26,27)28/h2-3,10-13,17,34-35H,4-9,14H2,1H3/t17-/m0/s1. The van der Waals surface area contributed by atoms with Crippen molar-refractivity contribution in [1.29, 1.82) is 0 Å². The number of ether oxygens (including phenoxy) is 1. The molecule has 2 N–H and O–H groups in total. The van der Waals surface area contributed by atoms with Crippen LogP contribution in [0.5, 0.6) is 5.75 Å². The maximum absolute atomic E-state index is 14.2. The maximum atomic E-state index is 14.2. The number of halogens is 3. The summed E-state index contributed by atoms with van der Waals surface area (Å²) in [6.07, 6.45) is -1.39. The van der Waals surface area contributed by atoms with E-state index in [0.717, 1.165) is 10.7 Å². The van der Waals surface area contributed by atoms with Gasteiger partial charge in [-0.1, -0.05) is 0 Å². The van der Waals surface area contributed by atoms with Crippen LogP contribution in [0.2, 0.25) is 0 Å². The van der Waals surface area contributed by atoms with Crippen molar-refractivity contribution in [3.05, 3.63) is 58.1 Å². The van der Waals surface area contributed by atoms with Gasteiger partial charge in [0, 0.05) is 49.2 Å². The maximum Gasteiger partial charge on any atom is 0.418 e. The first kappa shape index (κ1) is 25.0. The van der Waals surface area contributed by atoms with Gasteiger partial charge in [-0.25, -0.2) is 0 Å². The molecule has 9 nitrogen and oxygen atoms in total. The smallest absolute Gasteiger partial charge is 0.418 e. The predicted octanol–water partition coefficient (Wildman–Crippen LogP) is 2.25. The highest BCUT2D eigenvalue weighted by molar-refractivity contribution is 5.73. The fraction of sp³-hybridized carbons (Fsp3) is 0.400. The molecule has 196 valence electrons. The number of aromatic nitrogens is 3. The zero-order valence-corrected chi connectivity index (χ0v) is 20.1. The summed E-state index contributed by atoms with van der Waals surface area (Å²) in [4.78, 5) is 21.3. The van der Waals surface area contributed by atoms with Crippen molar-refractivity contribution in [3.63, 3.8) is 0 Å². The summed E-state index contributed by atoms with van der Waals surface area (Å²) < 4.78 is 48.5. The molecular weight excluding hydrogens is 491 g/mol. The molecule has 0 unspecified atom stereocenters. The Morgan fingerprint density at radius 2 is 2.00 bits per heavy atom. The average Bonchev–Trinajstić information content (AvgIpc) is 3.50. The van der Waals surface area contributed by atoms with Gasteiger partial charge >= 0.3 is 6.18 Å². The number of fused-ring (bicyclic) bond motifs is 1. The minimum Gasteiger partial charge on any atom is -0.495 e. The Hall–Kier alpha value is -3.64. The van der Waals surface area contributed by atoms with Crippen LogP contribution < -0.4 is 20.1 Å². The molecule has 1 aromatic carbocycles. The Bertz CT molecular complexity index is 1380. The van der Waals surface area contributed by atoms with Crippen LogP contribution in [0.1, 0.15) is 17.5 Å². The third-order valence-electron chi connectivity index (χ3n) is 6.75. The molecule has 2 aliphatic rings. The summed E-state index contributed by atoms with van der Waals surface area (Å²) in [6.45, 7) is 1.10. The molecule has 1 fully saturated rings. The molecule has 1 atom stereocenters. The van der Waals surface area contributed by atoms with Gasteiger partial charge in [-0.05, 0) is 37.1 Å². The number of benzene rings is 1. The first-order valence-electron chi connectivity index (χ1n) is 11.9. The van der Waals surface area contributed by atoms with E-state index in [0.29, 0.717) is 54.2 Å². The molecular formula is C25H26F3N5O4. The summed E-state index contributed by atoms with van der Waals surface area (Å²) in [7, 11) is 1.47. The number of β-amino-alcohol motifs (C(OH)–C–C–N with tert-alkyl or cyclic N) is 2. The molecule has 37 heavy (non-hydrogen) atoms. The van der Waals surface area contributed by atoms with E-state index in [1.54, 1.807) is 15.9 Å². The second-order valence-corrected chi connectivity index (χ2v) is 9.05. The van der Waals surface area contributed by atoms with Crippen molar-refractivity contribution in [2.75, 3.05) is 49.7 Å². The number of pyridine rings is 1. The highest BCUT2D eigenvalue weighted by Crippen LogP contribution is 2.38. The zero-order valence-electron chi connectivity index (χ0n) is 20.1. The SMILES string of the molecule is COc1cncc(-c2nn(-c3cc(N4CC[C@H](O)C4)ccc3C(F)(F)F)c(=O)c3c2CCN3CCO)c1. The lowest BCUT2D eigenvalue weighted by Crippen LogP contribution is -2.33. The summed E-state index contributed by atoms with van der Waals surface area (Å²) in [5, 5.41) is 23.9. The molecule has 2 aromatic heterocycles. The Kier molecular flexibility index (Phi) is 6.54. The monoisotopic (exact) mass is 517 g/mol. The predicted molar refractivity (Wildman–Crippen MR) is 130 cm³/mol. The zero-order chi connectivity index (χ0) is 26.3. The summed E-state index contributed by atoms with van der Waals surface area (Å²) in [6, 6.07) is 5.23. The van der Waals surface area contributed by atoms with Gasteiger partial charge in [-0.2, -0.15) is 23.0 Å². The van der Waals surface area contributed by atoms with Crippen LogP contribution in [0.4, 0.5) is 24.5 Å². The molecule has 0 radical (unpaired) electrons. The highest BCUT2D eigenvalue weighted by atomic mass is 19.4. The van der Waals surface area contributed by atoms with Crippen molar-refractivity contribution < 1.29 is 28.1 Å². The number of rotatable bonds is 6. The largest absolute Gasteiger partial charge is 0.495 e. The third kappa shape index (κ3) is 4.62. The second-order valence-electron chi connectivity index (χ2n) is 9.05. The fourth-order valence-electron chi connectivity index (χ4n) is 4.98. The molecule has 0 amide bonds. The number of aliphatic hydroxyl groups excluding tert-OH is 2. The molecule has 12 heteroatoms. The first-order valence-corrected chi connectivity index (χ1v) is 11.9. The van der Waals surface area contributed by atoms with Crippen LogP contribution in [-0.2, 0) is 12.6 Å². The number of anilines is 2. The lowest BCUT2D eigenvalue weighted by atomic mass is 10.1. The molecule has 0 spiro atoms. The number of aliphatic hydroxyl groups is 2. The van der Waals surface area contributed by atoms with Crippen LogP contribution in [-0.4, -0.2) is 71.0 Å². The highest BCUT2D eigenvalue weighted by Gasteiger charge is 2.37. The van der Waals surface area contributed by atoms with Gasteiger partial charge in [-0.15, -0.1) is 0 Å². The lowest BCUT2D eigenvalue weighted by molar-refractivity contribution is -0.137. The van der Waals surface area contributed by atoms with E-state index >= 15 is 0 Å². The van der Waals surface area contributed by atoms with E-state index < -0.39 is 29.1 Å². The molecule has 1 saturated heterocycles. The van der Waals surface area contributed by atoms with Crippen molar-refractivity contribution in [2.45, 2.75) is 25.1 Å². The van der Waals surface area contributed by atoms with Gasteiger partial charge < -0.3 is 24.7 Å². The lowest BCUT2D eigenvalue weighted by Gasteiger charge is -2.23. The van der Waals surface area contributed by atoms with E-state index in [1.165, 1.54) is 31.6 Å². The molecule has 3 aromatic rings. The molecule has 0 bridgehead atoms. The summed E-state index contributed by atoms with van der Waals surface area (Å²) >= 11 is 0. The van der Waals surface area contributed by atoms with Crippen LogP contribution in [0.25, 0.3) is 16.9 Å². The van der Waals surface area contributed by atoms with E-state index in [4.69, 9.17) is 4.74 Å². The van der Waals surface area contributed by atoms with Gasteiger partial charge in [-0.3, -0.25) is 9.78 Å². The van der Waals surface area contributed by atoms with Crippen LogP contribution in [0.15, 0.2) is 41.5 Å². The number of nitrogens with zero attached hydrogens (tertiary/aromatic N) is 5. The first-order chi connectivity index (χ1) is 17.7. The molecule has 5 rings (SSSR count). The van der Waals surface area contributed by atoms with Gasteiger partial charge in [0.1, 0.15) is 11.4 Å². The van der Waals surface area contributed by atoms with Gasteiger partial charge in [0.2, 0.25) is 0 Å². The van der Waals surface area contributed by atoms with Crippen LogP contribution >= 0.6 is 0 Å². The van der Waals surface area contributed by atoms with Crippen molar-refractivity contribution in [2.24, 2.45) is 0 Å². The number of alkyl halides is 3. The van der Waals surface area contributed by atoms with Crippen molar-refractivity contribution in [3.8, 4) is 22.7 Å². The minimum absolute atomic E-state index is 0.153. The normalized spacial score (nSPS) is 17.4. The minimum atomic E-state index is -4.75. The topological polar surface area (TPSA) is 104 Å². The number of hydrogen-bond acceptors (Lipinski definition) is 8. The molecule has 4 heterocycles. The van der Waals surface area contributed by atoms with Gasteiger partial charge in [0.05, 0.1) is 43.0 Å². The van der Waals surface area contributed by atoms with E-state index in [-0.39, 0.29) is 25.4 Å². The Balaban J connectivity index is 1.77. The Morgan fingerprint density at radius 3 is 2.68 bits per heavy atom. The fourth-order valence-corrected chi connectivity index (χ4v) is 4.98. The Morgan fingerprint density at radius 1 is 1.19 bits per heavy atom. The summed E-state index contributed by atoms with van der Waals surface area (Å²) in [5.41, 5.74) is -0.0809. The van der Waals surface area contributed by atoms with Crippen LogP contribution in [0, 0.1) is 0 Å². The third-order valence-corrected chi connectivity index (χ3v) is 6.75. The van der Waals surface area contributed by atoms with Gasteiger partial charge in [0.25, 0.3) is 5.56 Å². The van der Waals surface area contributed by atoms with Crippen LogP contribution in [0.3, 0.4) is 0 Å². The second kappa shape index (κ2) is 9.67. The molecule has 2 aliphatic heterocycles. The number of methoxy groups -OCH3 is 1. The van der Waals surface area contributed by atoms with E-state index in [1.807, 2.05) is 0 Å². The quantitative estimate of drug-likeness (QED) is 0.513. The molecule has 0 aliphatic carbocycles. The van der Waals surface area contributed by atoms with Crippen molar-refractivity contribution >= 4 is 11.4 Å². The van der Waals surface area contributed by atoms with Gasteiger partial charge in [0.15, 0.2) is 0 Å². The van der Waals surface area contributed by atoms with Crippen molar-refractivity contribution in [1.82, 2.24) is 14.8 Å². The average molecular weight is 518 g/mol. The Labute approximate surface area is 210 Å². The van der Waals surface area contributed by atoms with E-state index in [9.17, 15) is 28.2 Å².